The second-order valence-electron chi connectivity index (χ2n) is 4.42. The van der Waals surface area contributed by atoms with Crippen LogP contribution in [0.25, 0.3) is 0 Å². The summed E-state index contributed by atoms with van der Waals surface area (Å²) in [5.41, 5.74) is 0. The van der Waals surface area contributed by atoms with E-state index in [-0.39, 0.29) is 10.6 Å². The van der Waals surface area contributed by atoms with E-state index in [1.54, 1.807) is 0 Å². The van der Waals surface area contributed by atoms with E-state index in [2.05, 4.69) is 20.3 Å². The summed E-state index contributed by atoms with van der Waals surface area (Å²) in [7, 11) is 0. The van der Waals surface area contributed by atoms with Crippen molar-refractivity contribution in [3.63, 3.8) is 0 Å². The van der Waals surface area contributed by atoms with Crippen molar-refractivity contribution < 1.29 is 0 Å². The molecule has 0 bridgehead atoms. The molecule has 1 aliphatic rings. The van der Waals surface area contributed by atoms with Gasteiger partial charge in [0.05, 0.1) is 0 Å². The van der Waals surface area contributed by atoms with Crippen molar-refractivity contribution in [2.24, 2.45) is 5.92 Å². The molecule has 0 unspecified atom stereocenters. The van der Waals surface area contributed by atoms with Crippen molar-refractivity contribution in [2.45, 2.75) is 38.5 Å². The SMILES string of the molecule is Clc1nc(Cl)nc(NCCCC2CCCC2)n1. The van der Waals surface area contributed by atoms with E-state index in [0.717, 1.165) is 18.9 Å². The van der Waals surface area contributed by atoms with Crippen LogP contribution in [-0.2, 0) is 0 Å². The van der Waals surface area contributed by atoms with Gasteiger partial charge in [-0.05, 0) is 42.0 Å². The molecule has 1 aromatic heterocycles. The van der Waals surface area contributed by atoms with Gasteiger partial charge in [-0.2, -0.15) is 15.0 Å². The first-order valence-corrected chi connectivity index (χ1v) is 6.80. The number of nitrogens with zero attached hydrogens (tertiary/aromatic N) is 3. The van der Waals surface area contributed by atoms with Crippen LogP contribution in [0.3, 0.4) is 0 Å². The Morgan fingerprint density at radius 3 is 2.35 bits per heavy atom. The number of hydrogen-bond acceptors (Lipinski definition) is 4. The van der Waals surface area contributed by atoms with E-state index < -0.39 is 0 Å². The Kier molecular flexibility index (Phi) is 4.80. The van der Waals surface area contributed by atoms with E-state index in [1.165, 1.54) is 32.1 Å². The van der Waals surface area contributed by atoms with Gasteiger partial charge in [-0.15, -0.1) is 0 Å². The van der Waals surface area contributed by atoms with Crippen LogP contribution >= 0.6 is 23.2 Å². The van der Waals surface area contributed by atoms with Crippen molar-refractivity contribution in [1.29, 1.82) is 0 Å². The number of nitrogens with one attached hydrogen (secondary N) is 1. The Hall–Kier alpha value is -0.610. The number of halogens is 2. The minimum absolute atomic E-state index is 0.128. The fraction of sp³-hybridized carbons (Fsp3) is 0.727. The van der Waals surface area contributed by atoms with Gasteiger partial charge >= 0.3 is 0 Å². The van der Waals surface area contributed by atoms with Gasteiger partial charge in [-0.3, -0.25) is 0 Å². The average Bonchev–Trinajstić information content (AvgIpc) is 2.76. The lowest BCUT2D eigenvalue weighted by Gasteiger charge is -2.09. The largest absolute Gasteiger partial charge is 0.354 e. The van der Waals surface area contributed by atoms with Crippen molar-refractivity contribution in [1.82, 2.24) is 15.0 Å². The molecule has 1 saturated carbocycles. The Bertz CT molecular complexity index is 346. The summed E-state index contributed by atoms with van der Waals surface area (Å²) >= 11 is 11.4. The highest BCUT2D eigenvalue weighted by Crippen LogP contribution is 2.28. The third-order valence-electron chi connectivity index (χ3n) is 3.13. The quantitative estimate of drug-likeness (QED) is 0.835. The fourth-order valence-electron chi connectivity index (χ4n) is 2.29. The predicted octanol–water partition coefficient (Wildman–Crippen LogP) is 3.56. The topological polar surface area (TPSA) is 50.7 Å². The smallest absolute Gasteiger partial charge is 0.228 e. The van der Waals surface area contributed by atoms with E-state index in [9.17, 15) is 0 Å². The molecule has 0 atom stereocenters. The van der Waals surface area contributed by atoms with Crippen molar-refractivity contribution >= 4 is 29.2 Å². The molecule has 17 heavy (non-hydrogen) atoms. The average molecular weight is 275 g/mol. The van der Waals surface area contributed by atoms with Gasteiger partial charge in [0.1, 0.15) is 0 Å². The predicted molar refractivity (Wildman–Crippen MR) is 69.5 cm³/mol. The monoisotopic (exact) mass is 274 g/mol. The Morgan fingerprint density at radius 1 is 1.06 bits per heavy atom. The van der Waals surface area contributed by atoms with Crippen molar-refractivity contribution in [2.75, 3.05) is 11.9 Å². The highest BCUT2D eigenvalue weighted by molar-refractivity contribution is 6.31. The molecule has 1 aromatic rings. The summed E-state index contributed by atoms with van der Waals surface area (Å²) in [6.45, 7) is 0.854. The zero-order valence-electron chi connectivity index (χ0n) is 9.62. The minimum Gasteiger partial charge on any atom is -0.354 e. The first-order valence-electron chi connectivity index (χ1n) is 6.05. The standard InChI is InChI=1S/C11H16Cl2N4/c12-9-15-10(13)17-11(16-9)14-7-3-6-8-4-1-2-5-8/h8H,1-7H2,(H,14,15,16,17). The second kappa shape index (κ2) is 6.36. The molecule has 1 aliphatic carbocycles. The minimum atomic E-state index is 0.128. The molecule has 4 nitrogen and oxygen atoms in total. The van der Waals surface area contributed by atoms with E-state index in [4.69, 9.17) is 23.2 Å². The zero-order chi connectivity index (χ0) is 12.1. The van der Waals surface area contributed by atoms with Crippen molar-refractivity contribution in [3.8, 4) is 0 Å². The first-order chi connectivity index (χ1) is 8.24. The van der Waals surface area contributed by atoms with Gasteiger partial charge < -0.3 is 5.32 Å². The molecular weight excluding hydrogens is 259 g/mol. The molecule has 1 heterocycles. The van der Waals surface area contributed by atoms with Gasteiger partial charge in [-0.25, -0.2) is 0 Å². The van der Waals surface area contributed by atoms with Crippen LogP contribution in [0.5, 0.6) is 0 Å². The molecule has 0 spiro atoms. The molecule has 0 amide bonds. The van der Waals surface area contributed by atoms with Gasteiger partial charge in [0, 0.05) is 6.54 Å². The molecule has 1 fully saturated rings. The summed E-state index contributed by atoms with van der Waals surface area (Å²) < 4.78 is 0. The van der Waals surface area contributed by atoms with Crippen LogP contribution in [0.15, 0.2) is 0 Å². The molecule has 94 valence electrons. The molecule has 1 N–H and O–H groups in total. The van der Waals surface area contributed by atoms with Gasteiger partial charge in [0.25, 0.3) is 0 Å². The van der Waals surface area contributed by atoms with E-state index >= 15 is 0 Å². The lowest BCUT2D eigenvalue weighted by molar-refractivity contribution is 0.491. The lowest BCUT2D eigenvalue weighted by Crippen LogP contribution is -2.08. The van der Waals surface area contributed by atoms with Gasteiger partial charge in [0.2, 0.25) is 16.5 Å². The van der Waals surface area contributed by atoms with Crippen LogP contribution in [0.2, 0.25) is 10.6 Å². The number of anilines is 1. The van der Waals surface area contributed by atoms with Crippen LogP contribution < -0.4 is 5.32 Å². The number of hydrogen-bond donors (Lipinski definition) is 1. The summed E-state index contributed by atoms with van der Waals surface area (Å²) in [4.78, 5) is 11.6. The summed E-state index contributed by atoms with van der Waals surface area (Å²) in [5.74, 6) is 1.38. The molecule has 0 aromatic carbocycles. The van der Waals surface area contributed by atoms with Crippen LogP contribution in [0.4, 0.5) is 5.95 Å². The van der Waals surface area contributed by atoms with E-state index in [1.807, 2.05) is 0 Å². The van der Waals surface area contributed by atoms with Gasteiger partial charge in [0.15, 0.2) is 0 Å². The van der Waals surface area contributed by atoms with Crippen LogP contribution in [0, 0.1) is 5.92 Å². The zero-order valence-corrected chi connectivity index (χ0v) is 11.1. The van der Waals surface area contributed by atoms with E-state index in [0.29, 0.717) is 5.95 Å². The third-order valence-corrected chi connectivity index (χ3v) is 3.47. The summed E-state index contributed by atoms with van der Waals surface area (Å²) in [6.07, 6.45) is 7.99. The molecule has 2 rings (SSSR count). The first kappa shape index (κ1) is 12.8. The lowest BCUT2D eigenvalue weighted by atomic mass is 10.0. The Morgan fingerprint density at radius 2 is 1.71 bits per heavy atom. The number of rotatable bonds is 5. The summed E-state index contributed by atoms with van der Waals surface area (Å²) in [6, 6.07) is 0. The maximum atomic E-state index is 5.68. The highest BCUT2D eigenvalue weighted by atomic mass is 35.5. The summed E-state index contributed by atoms with van der Waals surface area (Å²) in [5, 5.41) is 3.38. The maximum Gasteiger partial charge on any atom is 0.228 e. The molecular formula is C11H16Cl2N4. The second-order valence-corrected chi connectivity index (χ2v) is 5.09. The van der Waals surface area contributed by atoms with Crippen LogP contribution in [0.1, 0.15) is 38.5 Å². The van der Waals surface area contributed by atoms with Crippen LogP contribution in [-0.4, -0.2) is 21.5 Å². The highest BCUT2D eigenvalue weighted by Gasteiger charge is 2.14. The third kappa shape index (κ3) is 4.28. The normalized spacial score (nSPS) is 16.4. The maximum absolute atomic E-state index is 5.68. The molecule has 0 saturated heterocycles. The Balaban J connectivity index is 1.70. The fourth-order valence-corrected chi connectivity index (χ4v) is 2.66. The number of aromatic nitrogens is 3. The molecule has 6 heteroatoms. The Labute approximate surface area is 111 Å². The molecule has 0 aliphatic heterocycles. The van der Waals surface area contributed by atoms with Gasteiger partial charge in [-0.1, -0.05) is 25.7 Å². The molecule has 0 radical (unpaired) electrons. The van der Waals surface area contributed by atoms with Crippen molar-refractivity contribution in [3.05, 3.63) is 10.6 Å².